The Bertz CT molecular complexity index is 771. The maximum absolute atomic E-state index is 14.3. The van der Waals surface area contributed by atoms with Crippen molar-refractivity contribution in [1.29, 1.82) is 0 Å². The van der Waals surface area contributed by atoms with Crippen LogP contribution in [0.25, 0.3) is 0 Å². The molecule has 0 amide bonds. The van der Waals surface area contributed by atoms with Gasteiger partial charge in [0.25, 0.3) is 0 Å². The van der Waals surface area contributed by atoms with Crippen molar-refractivity contribution >= 4 is 5.97 Å². The first kappa shape index (κ1) is 18.3. The molecular formula is C20H23FN2O3. The number of rotatable bonds is 5. The highest BCUT2D eigenvalue weighted by atomic mass is 19.1. The van der Waals surface area contributed by atoms with Crippen molar-refractivity contribution in [3.8, 4) is 5.75 Å². The van der Waals surface area contributed by atoms with Crippen LogP contribution in [0.3, 0.4) is 0 Å². The number of aromatic nitrogens is 1. The highest BCUT2D eigenvalue weighted by Crippen LogP contribution is 2.33. The number of nitrogens with zero attached hydrogens (tertiary/aromatic N) is 2. The summed E-state index contributed by atoms with van der Waals surface area (Å²) in [5.41, 5.74) is 2.67. The molecule has 6 heteroatoms. The molecule has 2 aromatic rings. The van der Waals surface area contributed by atoms with Gasteiger partial charge < -0.3 is 9.84 Å². The summed E-state index contributed by atoms with van der Waals surface area (Å²) in [7, 11) is 1.44. The Kier molecular flexibility index (Phi) is 5.52. The molecule has 1 atom stereocenters. The Morgan fingerprint density at radius 2 is 2.04 bits per heavy atom. The number of carbonyl (C=O) groups is 1. The first-order valence-electron chi connectivity index (χ1n) is 8.72. The summed E-state index contributed by atoms with van der Waals surface area (Å²) in [6.45, 7) is 3.23. The van der Waals surface area contributed by atoms with Gasteiger partial charge in [-0.3, -0.25) is 14.7 Å². The lowest BCUT2D eigenvalue weighted by molar-refractivity contribution is -0.143. The average Bonchev–Trinajstić information content (AvgIpc) is 2.64. The van der Waals surface area contributed by atoms with Gasteiger partial charge in [-0.25, -0.2) is 4.39 Å². The van der Waals surface area contributed by atoms with Crippen LogP contribution in [0.15, 0.2) is 36.5 Å². The molecule has 1 saturated heterocycles. The van der Waals surface area contributed by atoms with Crippen LogP contribution in [-0.2, 0) is 4.79 Å². The monoisotopic (exact) mass is 358 g/mol. The van der Waals surface area contributed by atoms with Gasteiger partial charge in [0.2, 0.25) is 0 Å². The van der Waals surface area contributed by atoms with Gasteiger partial charge in [-0.15, -0.1) is 0 Å². The van der Waals surface area contributed by atoms with Gasteiger partial charge in [-0.05, 0) is 62.2 Å². The topological polar surface area (TPSA) is 62.7 Å². The molecule has 1 unspecified atom stereocenters. The van der Waals surface area contributed by atoms with E-state index >= 15 is 0 Å². The Morgan fingerprint density at radius 1 is 1.31 bits per heavy atom. The first-order valence-corrected chi connectivity index (χ1v) is 8.72. The number of carboxylic acids is 1. The maximum Gasteiger partial charge on any atom is 0.306 e. The number of piperidine rings is 1. The maximum atomic E-state index is 14.3. The Morgan fingerprint density at radius 3 is 2.58 bits per heavy atom. The molecular weight excluding hydrogens is 335 g/mol. The van der Waals surface area contributed by atoms with Crippen LogP contribution in [0.5, 0.6) is 5.75 Å². The van der Waals surface area contributed by atoms with E-state index in [1.54, 1.807) is 12.3 Å². The predicted octanol–water partition coefficient (Wildman–Crippen LogP) is 3.42. The minimum Gasteiger partial charge on any atom is -0.494 e. The summed E-state index contributed by atoms with van der Waals surface area (Å²) in [5, 5.41) is 9.23. The second-order valence-corrected chi connectivity index (χ2v) is 6.71. The van der Waals surface area contributed by atoms with Crippen molar-refractivity contribution in [3.05, 3.63) is 59.2 Å². The summed E-state index contributed by atoms with van der Waals surface area (Å²) < 4.78 is 19.3. The van der Waals surface area contributed by atoms with Crippen LogP contribution in [0.4, 0.5) is 4.39 Å². The zero-order chi connectivity index (χ0) is 18.7. The van der Waals surface area contributed by atoms with Gasteiger partial charge >= 0.3 is 5.97 Å². The van der Waals surface area contributed by atoms with Gasteiger partial charge in [0.05, 0.1) is 24.8 Å². The molecule has 1 aromatic carbocycles. The molecule has 1 N–H and O–H groups in total. The standard InChI is InChI=1S/C20H23FN2O3/c1-13-3-5-17(22-12-13)19(15-4-6-18(26-2)16(21)11-15)23-9-7-14(8-10-23)20(24)25/h3-6,11-12,14,19H,7-10H2,1-2H3,(H,24,25). The Balaban J connectivity index is 1.93. The molecule has 1 aromatic heterocycles. The Labute approximate surface area is 152 Å². The highest BCUT2D eigenvalue weighted by molar-refractivity contribution is 5.70. The van der Waals surface area contributed by atoms with E-state index in [0.717, 1.165) is 16.8 Å². The number of aryl methyl sites for hydroxylation is 1. The summed E-state index contributed by atoms with van der Waals surface area (Å²) in [4.78, 5) is 18.0. The molecule has 5 nitrogen and oxygen atoms in total. The molecule has 0 aliphatic carbocycles. The van der Waals surface area contributed by atoms with Crippen LogP contribution in [0, 0.1) is 18.7 Å². The van der Waals surface area contributed by atoms with Gasteiger partial charge in [0.1, 0.15) is 0 Å². The second kappa shape index (κ2) is 7.83. The van der Waals surface area contributed by atoms with Crippen molar-refractivity contribution in [2.75, 3.05) is 20.2 Å². The van der Waals surface area contributed by atoms with Crippen LogP contribution >= 0.6 is 0 Å². The molecule has 0 bridgehead atoms. The largest absolute Gasteiger partial charge is 0.494 e. The lowest BCUT2D eigenvalue weighted by atomic mass is 9.93. The minimum atomic E-state index is -0.745. The minimum absolute atomic E-state index is 0.203. The number of benzene rings is 1. The third-order valence-electron chi connectivity index (χ3n) is 4.95. The van der Waals surface area contributed by atoms with Crippen LogP contribution in [0.1, 0.15) is 35.7 Å². The predicted molar refractivity (Wildman–Crippen MR) is 95.7 cm³/mol. The van der Waals surface area contributed by atoms with E-state index in [9.17, 15) is 14.3 Å². The van der Waals surface area contributed by atoms with Crippen LogP contribution < -0.4 is 4.74 Å². The number of likely N-dealkylation sites (tertiary alicyclic amines) is 1. The van der Waals surface area contributed by atoms with E-state index in [4.69, 9.17) is 4.74 Å². The molecule has 1 fully saturated rings. The van der Waals surface area contributed by atoms with E-state index in [1.807, 2.05) is 25.1 Å². The van der Waals surface area contributed by atoms with E-state index in [-0.39, 0.29) is 17.7 Å². The van der Waals surface area contributed by atoms with Crippen LogP contribution in [-0.4, -0.2) is 41.2 Å². The number of pyridine rings is 1. The Hall–Kier alpha value is -2.47. The third-order valence-corrected chi connectivity index (χ3v) is 4.95. The number of hydrogen-bond acceptors (Lipinski definition) is 4. The summed E-state index contributed by atoms with van der Waals surface area (Å²) in [5.74, 6) is -1.27. The number of hydrogen-bond donors (Lipinski definition) is 1. The molecule has 1 aliphatic heterocycles. The third kappa shape index (κ3) is 3.85. The smallest absolute Gasteiger partial charge is 0.306 e. The van der Waals surface area contributed by atoms with E-state index < -0.39 is 11.8 Å². The normalized spacial score (nSPS) is 17.0. The fourth-order valence-electron chi connectivity index (χ4n) is 3.47. The fraction of sp³-hybridized carbons (Fsp3) is 0.400. The zero-order valence-electron chi connectivity index (χ0n) is 15.0. The number of halogens is 1. The molecule has 26 heavy (non-hydrogen) atoms. The lowest BCUT2D eigenvalue weighted by Crippen LogP contribution is -2.39. The van der Waals surface area contributed by atoms with Crippen molar-refractivity contribution in [3.63, 3.8) is 0 Å². The van der Waals surface area contributed by atoms with Crippen molar-refractivity contribution < 1.29 is 19.0 Å². The molecule has 2 heterocycles. The molecule has 0 saturated carbocycles. The molecule has 1 aliphatic rings. The average molecular weight is 358 g/mol. The quantitative estimate of drug-likeness (QED) is 0.887. The van der Waals surface area contributed by atoms with E-state index in [0.29, 0.717) is 25.9 Å². The molecule has 0 spiro atoms. The second-order valence-electron chi connectivity index (χ2n) is 6.71. The lowest BCUT2D eigenvalue weighted by Gasteiger charge is -2.36. The molecule has 0 radical (unpaired) electrons. The first-order chi connectivity index (χ1) is 12.5. The fourth-order valence-corrected chi connectivity index (χ4v) is 3.47. The number of carboxylic acid groups (broad SMARTS) is 1. The molecule has 138 valence electrons. The van der Waals surface area contributed by atoms with Gasteiger partial charge in [-0.1, -0.05) is 12.1 Å². The van der Waals surface area contributed by atoms with Gasteiger partial charge in [0, 0.05) is 6.20 Å². The highest BCUT2D eigenvalue weighted by Gasteiger charge is 2.31. The number of aliphatic carboxylic acids is 1. The number of ether oxygens (including phenoxy) is 1. The van der Waals surface area contributed by atoms with E-state index in [2.05, 4.69) is 9.88 Å². The van der Waals surface area contributed by atoms with Gasteiger partial charge in [0.15, 0.2) is 11.6 Å². The van der Waals surface area contributed by atoms with Crippen molar-refractivity contribution in [2.45, 2.75) is 25.8 Å². The zero-order valence-corrected chi connectivity index (χ0v) is 15.0. The number of methoxy groups -OCH3 is 1. The van der Waals surface area contributed by atoms with Crippen LogP contribution in [0.2, 0.25) is 0 Å². The summed E-state index contributed by atoms with van der Waals surface area (Å²) >= 11 is 0. The van der Waals surface area contributed by atoms with Crippen molar-refractivity contribution in [1.82, 2.24) is 9.88 Å². The van der Waals surface area contributed by atoms with Gasteiger partial charge in [-0.2, -0.15) is 0 Å². The van der Waals surface area contributed by atoms with Crippen molar-refractivity contribution in [2.24, 2.45) is 5.92 Å². The SMILES string of the molecule is COc1ccc(C(c2ccc(C)cn2)N2CCC(C(=O)O)CC2)cc1F. The van der Waals surface area contributed by atoms with E-state index in [1.165, 1.54) is 13.2 Å². The summed E-state index contributed by atoms with van der Waals surface area (Å²) in [6, 6.07) is 8.66. The summed E-state index contributed by atoms with van der Waals surface area (Å²) in [6.07, 6.45) is 2.96. The molecule has 3 rings (SSSR count).